The Morgan fingerprint density at radius 3 is 2.56 bits per heavy atom. The maximum absolute atomic E-state index is 11.6. The molecule has 0 fully saturated rings. The van der Waals surface area contributed by atoms with Gasteiger partial charge in [-0.3, -0.25) is 0 Å². The molecule has 0 saturated carbocycles. The summed E-state index contributed by atoms with van der Waals surface area (Å²) in [6, 6.07) is 4.66. The summed E-state index contributed by atoms with van der Waals surface area (Å²) in [6.07, 6.45) is 0. The highest BCUT2D eigenvalue weighted by molar-refractivity contribution is 7.89. The number of benzene rings is 1. The maximum Gasteiger partial charge on any atom is 0.335 e. The lowest BCUT2D eigenvalue weighted by molar-refractivity contribution is 0.0696. The van der Waals surface area contributed by atoms with Crippen LogP contribution in [0.15, 0.2) is 34.4 Å². The molecule has 86 valence electrons. The Bertz CT molecular complexity index is 525. The molecular formula is C8H8N2O5S. The monoisotopic (exact) mass is 244 g/mol. The lowest BCUT2D eigenvalue weighted by Crippen LogP contribution is -2.21. The predicted molar refractivity (Wildman–Crippen MR) is 54.1 cm³/mol. The summed E-state index contributed by atoms with van der Waals surface area (Å²) in [5.41, 5.74) is -0.180. The van der Waals surface area contributed by atoms with Crippen molar-refractivity contribution in [3.8, 4) is 0 Å². The first kappa shape index (κ1) is 12.1. The molecule has 0 saturated heterocycles. The molecular weight excluding hydrogens is 236 g/mol. The summed E-state index contributed by atoms with van der Waals surface area (Å²) < 4.78 is 23.4. The second-order valence-electron chi connectivity index (χ2n) is 2.85. The van der Waals surface area contributed by atoms with Gasteiger partial charge in [-0.25, -0.2) is 4.79 Å². The highest BCUT2D eigenvalue weighted by Crippen LogP contribution is 2.15. The minimum absolute atomic E-state index is 0.180. The lowest BCUT2D eigenvalue weighted by Gasteiger charge is -2.09. The van der Waals surface area contributed by atoms with Crippen molar-refractivity contribution < 1.29 is 18.3 Å². The second-order valence-corrected chi connectivity index (χ2v) is 4.80. The van der Waals surface area contributed by atoms with Crippen LogP contribution in [0.25, 0.3) is 0 Å². The fraction of sp³-hybridized carbons (Fsp3) is 0.125. The van der Waals surface area contributed by atoms with Crippen LogP contribution in [0.3, 0.4) is 0 Å². The third-order valence-corrected chi connectivity index (χ3v) is 3.45. The van der Waals surface area contributed by atoms with Crippen LogP contribution in [0.1, 0.15) is 10.4 Å². The van der Waals surface area contributed by atoms with Gasteiger partial charge in [-0.15, -0.1) is 4.91 Å². The van der Waals surface area contributed by atoms with E-state index in [1.807, 2.05) is 0 Å². The Hall–Kier alpha value is -1.96. The molecule has 0 aromatic heterocycles. The van der Waals surface area contributed by atoms with E-state index in [9.17, 15) is 18.1 Å². The van der Waals surface area contributed by atoms with Crippen LogP contribution >= 0.6 is 0 Å². The molecule has 0 aliphatic carbocycles. The van der Waals surface area contributed by atoms with E-state index in [-0.39, 0.29) is 14.9 Å². The van der Waals surface area contributed by atoms with Gasteiger partial charge < -0.3 is 5.11 Å². The van der Waals surface area contributed by atoms with E-state index in [4.69, 9.17) is 5.11 Å². The average molecular weight is 244 g/mol. The van der Waals surface area contributed by atoms with Gasteiger partial charge in [0.15, 0.2) is 0 Å². The van der Waals surface area contributed by atoms with Gasteiger partial charge in [0, 0.05) is 7.05 Å². The van der Waals surface area contributed by atoms with E-state index in [1.54, 1.807) is 0 Å². The molecule has 7 nitrogen and oxygen atoms in total. The molecule has 16 heavy (non-hydrogen) atoms. The van der Waals surface area contributed by atoms with Gasteiger partial charge in [0.25, 0.3) is 10.0 Å². The number of nitroso groups, excluding NO2 is 1. The van der Waals surface area contributed by atoms with Gasteiger partial charge in [0.05, 0.1) is 15.7 Å². The summed E-state index contributed by atoms with van der Waals surface area (Å²) >= 11 is 0. The SMILES string of the molecule is CN(N=O)S(=O)(=O)c1cccc(C(=O)O)c1. The van der Waals surface area contributed by atoms with Crippen LogP contribution in [0, 0.1) is 4.91 Å². The molecule has 1 aromatic rings. The van der Waals surface area contributed by atoms with Crippen LogP contribution in [0.5, 0.6) is 0 Å². The van der Waals surface area contributed by atoms with E-state index in [0.29, 0.717) is 0 Å². The zero-order valence-corrected chi connectivity index (χ0v) is 9.01. The third kappa shape index (κ3) is 2.16. The predicted octanol–water partition coefficient (Wildman–Crippen LogP) is 0.687. The van der Waals surface area contributed by atoms with Crippen LogP contribution in [-0.4, -0.2) is 31.0 Å². The lowest BCUT2D eigenvalue weighted by atomic mass is 10.2. The average Bonchev–Trinajstić information content (AvgIpc) is 2.28. The van der Waals surface area contributed by atoms with Crippen molar-refractivity contribution >= 4 is 16.0 Å². The highest BCUT2D eigenvalue weighted by Gasteiger charge is 2.21. The van der Waals surface area contributed by atoms with Crippen LogP contribution in [0.2, 0.25) is 0 Å². The van der Waals surface area contributed by atoms with Crippen molar-refractivity contribution in [1.29, 1.82) is 0 Å². The van der Waals surface area contributed by atoms with Crippen LogP contribution in [0.4, 0.5) is 0 Å². The fourth-order valence-electron chi connectivity index (χ4n) is 0.986. The van der Waals surface area contributed by atoms with Gasteiger partial charge in [0.2, 0.25) is 0 Å². The molecule has 0 aliphatic heterocycles. The molecule has 0 aliphatic rings. The standard InChI is InChI=1S/C8H8N2O5S/c1-10(9-13)16(14,15)7-4-2-3-6(5-7)8(11)12/h2-5H,1H3,(H,11,12). The maximum atomic E-state index is 11.6. The van der Waals surface area contributed by atoms with Crippen LogP contribution < -0.4 is 0 Å². The molecule has 1 N–H and O–H groups in total. The largest absolute Gasteiger partial charge is 0.478 e. The number of aromatic carboxylic acids is 1. The molecule has 0 spiro atoms. The van der Waals surface area contributed by atoms with Gasteiger partial charge in [0.1, 0.15) is 0 Å². The molecule has 0 atom stereocenters. The first-order chi connectivity index (χ1) is 7.39. The Kier molecular flexibility index (Phi) is 3.23. The molecule has 0 radical (unpaired) electrons. The van der Waals surface area contributed by atoms with Gasteiger partial charge in [-0.2, -0.15) is 12.8 Å². The van der Waals surface area contributed by atoms with Crippen molar-refractivity contribution in [3.05, 3.63) is 34.7 Å². The van der Waals surface area contributed by atoms with Crippen molar-refractivity contribution in [2.75, 3.05) is 7.05 Å². The smallest absolute Gasteiger partial charge is 0.335 e. The topological polar surface area (TPSA) is 104 Å². The van der Waals surface area contributed by atoms with E-state index >= 15 is 0 Å². The third-order valence-electron chi connectivity index (χ3n) is 1.84. The molecule has 0 amide bonds. The Morgan fingerprint density at radius 2 is 2.06 bits per heavy atom. The molecule has 1 rings (SSSR count). The van der Waals surface area contributed by atoms with Crippen molar-refractivity contribution in [3.63, 3.8) is 0 Å². The van der Waals surface area contributed by atoms with E-state index in [0.717, 1.165) is 13.1 Å². The number of carboxylic acid groups (broad SMARTS) is 1. The summed E-state index contributed by atoms with van der Waals surface area (Å²) in [5, 5.41) is 10.9. The Labute approximate surface area is 91.3 Å². The zero-order chi connectivity index (χ0) is 12.3. The molecule has 0 bridgehead atoms. The molecule has 1 aromatic carbocycles. The number of carbonyl (C=O) groups is 1. The van der Waals surface area contributed by atoms with Crippen molar-refractivity contribution in [2.24, 2.45) is 5.29 Å². The highest BCUT2D eigenvalue weighted by atomic mass is 32.2. The van der Waals surface area contributed by atoms with Gasteiger partial charge >= 0.3 is 5.97 Å². The summed E-state index contributed by atoms with van der Waals surface area (Å²) in [5.74, 6) is -1.25. The van der Waals surface area contributed by atoms with Crippen molar-refractivity contribution in [2.45, 2.75) is 4.90 Å². The van der Waals surface area contributed by atoms with Gasteiger partial charge in [-0.05, 0) is 18.2 Å². The second kappa shape index (κ2) is 4.27. The Balaban J connectivity index is 3.29. The summed E-state index contributed by atoms with van der Waals surface area (Å²) in [4.78, 5) is 20.5. The van der Waals surface area contributed by atoms with E-state index < -0.39 is 16.0 Å². The quantitative estimate of drug-likeness (QED) is 0.619. The van der Waals surface area contributed by atoms with Crippen molar-refractivity contribution in [1.82, 2.24) is 4.41 Å². The summed E-state index contributed by atoms with van der Waals surface area (Å²) in [7, 11) is -3.09. The minimum atomic E-state index is -4.05. The normalized spacial score (nSPS) is 10.8. The minimum Gasteiger partial charge on any atom is -0.478 e. The number of hydrogen-bond donors (Lipinski definition) is 1. The molecule has 0 heterocycles. The zero-order valence-electron chi connectivity index (χ0n) is 8.19. The fourth-order valence-corrected chi connectivity index (χ4v) is 1.91. The molecule has 8 heteroatoms. The Morgan fingerprint density at radius 1 is 1.44 bits per heavy atom. The van der Waals surface area contributed by atoms with Gasteiger partial charge in [-0.1, -0.05) is 6.07 Å². The van der Waals surface area contributed by atoms with E-state index in [1.165, 1.54) is 18.2 Å². The number of nitrogens with zero attached hydrogens (tertiary/aromatic N) is 2. The van der Waals surface area contributed by atoms with Crippen LogP contribution in [-0.2, 0) is 10.0 Å². The first-order valence-electron chi connectivity index (χ1n) is 4.05. The summed E-state index contributed by atoms with van der Waals surface area (Å²) in [6.45, 7) is 0. The number of hydrogen-bond acceptors (Lipinski definition) is 5. The number of rotatable bonds is 4. The first-order valence-corrected chi connectivity index (χ1v) is 5.49. The number of carboxylic acids is 1. The number of sulfonamides is 1. The molecule has 0 unspecified atom stereocenters. The van der Waals surface area contributed by atoms with E-state index in [2.05, 4.69) is 5.29 Å².